The molecule has 1 aliphatic heterocycles. The molecule has 1 unspecified atom stereocenters. The van der Waals surface area contributed by atoms with Crippen LogP contribution in [0.15, 0.2) is 24.3 Å². The van der Waals surface area contributed by atoms with Gasteiger partial charge in [0.15, 0.2) is 0 Å². The van der Waals surface area contributed by atoms with Crippen LogP contribution in [-0.4, -0.2) is 30.4 Å². The van der Waals surface area contributed by atoms with Crippen LogP contribution in [0.2, 0.25) is 0 Å². The van der Waals surface area contributed by atoms with Crippen LogP contribution in [0.5, 0.6) is 0 Å². The Morgan fingerprint density at radius 2 is 1.85 bits per heavy atom. The van der Waals surface area contributed by atoms with Gasteiger partial charge in [0.1, 0.15) is 0 Å². The summed E-state index contributed by atoms with van der Waals surface area (Å²) in [5.74, 6) is 0.286. The molecule has 0 saturated heterocycles. The fraction of sp³-hybridized carbons (Fsp3) is 0.588. The summed E-state index contributed by atoms with van der Waals surface area (Å²) in [5.41, 5.74) is 2.29. The number of para-hydroxylation sites is 1. The van der Waals surface area contributed by atoms with Crippen molar-refractivity contribution in [3.05, 3.63) is 29.8 Å². The van der Waals surface area contributed by atoms with Crippen molar-refractivity contribution in [2.24, 2.45) is 0 Å². The zero-order valence-corrected chi connectivity index (χ0v) is 12.3. The summed E-state index contributed by atoms with van der Waals surface area (Å²) in [6.45, 7) is 0.745. The summed E-state index contributed by atoms with van der Waals surface area (Å²) >= 11 is 0. The highest BCUT2D eigenvalue weighted by Gasteiger charge is 2.32. The zero-order valence-electron chi connectivity index (χ0n) is 12.3. The molecular formula is C17H24N2O. The van der Waals surface area contributed by atoms with Crippen molar-refractivity contribution in [2.45, 2.75) is 50.5 Å². The van der Waals surface area contributed by atoms with Crippen LogP contribution < -0.4 is 5.32 Å². The van der Waals surface area contributed by atoms with Crippen molar-refractivity contribution in [3.8, 4) is 0 Å². The molecule has 3 heteroatoms. The van der Waals surface area contributed by atoms with Crippen LogP contribution in [0.25, 0.3) is 0 Å². The van der Waals surface area contributed by atoms with E-state index in [-0.39, 0.29) is 11.8 Å². The summed E-state index contributed by atoms with van der Waals surface area (Å²) in [4.78, 5) is 14.8. The van der Waals surface area contributed by atoms with Gasteiger partial charge in [-0.1, -0.05) is 43.9 Å². The average Bonchev–Trinajstić information content (AvgIpc) is 2.72. The Labute approximate surface area is 121 Å². The van der Waals surface area contributed by atoms with Gasteiger partial charge in [-0.3, -0.25) is 4.79 Å². The Kier molecular flexibility index (Phi) is 3.95. The Hall–Kier alpha value is -1.51. The molecule has 1 heterocycles. The van der Waals surface area contributed by atoms with Gasteiger partial charge in [0, 0.05) is 25.3 Å². The highest BCUT2D eigenvalue weighted by Crippen LogP contribution is 2.33. The summed E-state index contributed by atoms with van der Waals surface area (Å²) in [7, 11) is 2.00. The fourth-order valence-corrected chi connectivity index (χ4v) is 3.58. The van der Waals surface area contributed by atoms with Crippen LogP contribution >= 0.6 is 0 Å². The van der Waals surface area contributed by atoms with Crippen LogP contribution in [0, 0.1) is 0 Å². The molecule has 0 spiro atoms. The molecule has 1 amide bonds. The van der Waals surface area contributed by atoms with E-state index in [2.05, 4.69) is 17.4 Å². The molecule has 3 nitrogen and oxygen atoms in total. The lowest BCUT2D eigenvalue weighted by Gasteiger charge is -2.29. The van der Waals surface area contributed by atoms with Gasteiger partial charge in [-0.15, -0.1) is 0 Å². The van der Waals surface area contributed by atoms with E-state index in [0.29, 0.717) is 6.04 Å². The molecule has 0 radical (unpaired) electrons. The first kappa shape index (κ1) is 13.5. The molecule has 1 aliphatic carbocycles. The number of benzene rings is 1. The van der Waals surface area contributed by atoms with Crippen molar-refractivity contribution in [3.63, 3.8) is 0 Å². The van der Waals surface area contributed by atoms with Crippen molar-refractivity contribution < 1.29 is 4.79 Å². The van der Waals surface area contributed by atoms with Crippen molar-refractivity contribution in [1.82, 2.24) is 4.90 Å². The number of carbonyl (C=O) groups is 1. The van der Waals surface area contributed by atoms with Crippen LogP contribution in [0.1, 0.15) is 50.0 Å². The van der Waals surface area contributed by atoms with Gasteiger partial charge >= 0.3 is 0 Å². The number of fused-ring (bicyclic) bond motifs is 1. The number of carbonyl (C=O) groups excluding carboxylic acids is 1. The van der Waals surface area contributed by atoms with E-state index in [1.165, 1.54) is 38.5 Å². The number of nitrogens with zero attached hydrogens (tertiary/aromatic N) is 1. The minimum Gasteiger partial charge on any atom is -0.384 e. The highest BCUT2D eigenvalue weighted by atomic mass is 16.2. The number of nitrogens with one attached hydrogen (secondary N) is 1. The first-order valence-electron chi connectivity index (χ1n) is 7.87. The predicted octanol–water partition coefficient (Wildman–Crippen LogP) is 3.38. The summed E-state index contributed by atoms with van der Waals surface area (Å²) in [6, 6.07) is 8.64. The maximum absolute atomic E-state index is 12.8. The number of hydrogen-bond donors (Lipinski definition) is 1. The Morgan fingerprint density at radius 1 is 1.15 bits per heavy atom. The standard InChI is InChI=1S/C17H24N2O/c1-19(13-8-4-2-3-5-9-13)17(20)15-12-18-16-11-7-6-10-14(15)16/h6-7,10-11,13,15,18H,2-5,8-9,12H2,1H3. The quantitative estimate of drug-likeness (QED) is 0.837. The van der Waals surface area contributed by atoms with Crippen molar-refractivity contribution in [1.29, 1.82) is 0 Å². The lowest BCUT2D eigenvalue weighted by molar-refractivity contribution is -0.133. The third kappa shape index (κ3) is 2.54. The molecule has 1 saturated carbocycles. The Bertz CT molecular complexity index is 478. The molecule has 0 aromatic heterocycles. The second-order valence-corrected chi connectivity index (χ2v) is 6.12. The normalized spacial score (nSPS) is 22.8. The lowest BCUT2D eigenvalue weighted by atomic mass is 9.98. The second kappa shape index (κ2) is 5.86. The molecule has 1 aromatic rings. The largest absolute Gasteiger partial charge is 0.384 e. The van der Waals surface area contributed by atoms with Crippen molar-refractivity contribution >= 4 is 11.6 Å². The Morgan fingerprint density at radius 3 is 2.60 bits per heavy atom. The third-order valence-electron chi connectivity index (χ3n) is 4.85. The molecule has 0 bridgehead atoms. The maximum Gasteiger partial charge on any atom is 0.231 e. The SMILES string of the molecule is CN(C(=O)C1CNc2ccccc21)C1CCCCCC1. The van der Waals surface area contributed by atoms with Crippen molar-refractivity contribution in [2.75, 3.05) is 18.9 Å². The molecular weight excluding hydrogens is 248 g/mol. The van der Waals surface area contributed by atoms with E-state index in [0.717, 1.165) is 17.8 Å². The number of hydrogen-bond acceptors (Lipinski definition) is 2. The lowest BCUT2D eigenvalue weighted by Crippen LogP contribution is -2.40. The smallest absolute Gasteiger partial charge is 0.231 e. The number of amides is 1. The summed E-state index contributed by atoms with van der Waals surface area (Å²) in [5, 5.41) is 3.35. The van der Waals surface area contributed by atoms with E-state index in [9.17, 15) is 4.79 Å². The molecule has 3 rings (SSSR count). The van der Waals surface area contributed by atoms with E-state index >= 15 is 0 Å². The Balaban J connectivity index is 1.72. The predicted molar refractivity (Wildman–Crippen MR) is 81.9 cm³/mol. The monoisotopic (exact) mass is 272 g/mol. The molecule has 1 fully saturated rings. The third-order valence-corrected chi connectivity index (χ3v) is 4.85. The maximum atomic E-state index is 12.8. The van der Waals surface area contributed by atoms with Gasteiger partial charge in [0.25, 0.3) is 0 Å². The minimum absolute atomic E-state index is 0.000506. The minimum atomic E-state index is -0.000506. The highest BCUT2D eigenvalue weighted by molar-refractivity contribution is 5.88. The molecule has 1 N–H and O–H groups in total. The van der Waals surface area contributed by atoms with Gasteiger partial charge in [0.2, 0.25) is 5.91 Å². The first-order valence-corrected chi connectivity index (χ1v) is 7.87. The number of rotatable bonds is 2. The van der Waals surface area contributed by atoms with Gasteiger partial charge in [-0.05, 0) is 24.5 Å². The van der Waals surface area contributed by atoms with E-state index in [1.54, 1.807) is 0 Å². The summed E-state index contributed by atoms with van der Waals surface area (Å²) < 4.78 is 0. The summed E-state index contributed by atoms with van der Waals surface area (Å²) in [6.07, 6.45) is 7.52. The first-order chi connectivity index (χ1) is 9.77. The van der Waals surface area contributed by atoms with Gasteiger partial charge in [-0.25, -0.2) is 0 Å². The topological polar surface area (TPSA) is 32.3 Å². The zero-order chi connectivity index (χ0) is 13.9. The van der Waals surface area contributed by atoms with E-state index in [1.807, 2.05) is 24.1 Å². The fourth-order valence-electron chi connectivity index (χ4n) is 3.58. The van der Waals surface area contributed by atoms with Crippen LogP contribution in [0.4, 0.5) is 5.69 Å². The van der Waals surface area contributed by atoms with Gasteiger partial charge in [-0.2, -0.15) is 0 Å². The molecule has 2 aliphatic rings. The number of anilines is 1. The molecule has 108 valence electrons. The van der Waals surface area contributed by atoms with E-state index < -0.39 is 0 Å². The van der Waals surface area contributed by atoms with E-state index in [4.69, 9.17) is 0 Å². The average molecular weight is 272 g/mol. The second-order valence-electron chi connectivity index (χ2n) is 6.12. The van der Waals surface area contributed by atoms with Crippen LogP contribution in [-0.2, 0) is 4.79 Å². The molecule has 1 atom stereocenters. The number of likely N-dealkylation sites (N-methyl/N-ethyl adjacent to an activating group) is 1. The van der Waals surface area contributed by atoms with Gasteiger partial charge < -0.3 is 10.2 Å². The van der Waals surface area contributed by atoms with Crippen LogP contribution in [0.3, 0.4) is 0 Å². The molecule has 20 heavy (non-hydrogen) atoms. The van der Waals surface area contributed by atoms with Gasteiger partial charge in [0.05, 0.1) is 5.92 Å². The molecule has 1 aromatic carbocycles.